The van der Waals surface area contributed by atoms with Gasteiger partial charge in [0, 0.05) is 18.7 Å². The molecule has 1 amide bonds. The molecule has 1 aromatic heterocycles. The van der Waals surface area contributed by atoms with Crippen LogP contribution in [0.5, 0.6) is 0 Å². The Morgan fingerprint density at radius 2 is 1.94 bits per heavy atom. The third kappa shape index (κ3) is 4.30. The monoisotopic (exact) mass is 456 g/mol. The molecule has 2 heterocycles. The zero-order chi connectivity index (χ0) is 22.8. The molecule has 11 heteroatoms. The molecule has 4 rings (SSSR count). The maximum absolute atomic E-state index is 13.5. The second-order valence-corrected chi connectivity index (χ2v) is 8.43. The molecule has 1 unspecified atom stereocenters. The molecule has 1 fully saturated rings. The summed E-state index contributed by atoms with van der Waals surface area (Å²) in [4.78, 5) is 40.7. The van der Waals surface area contributed by atoms with Crippen molar-refractivity contribution < 1.29 is 19.4 Å². The van der Waals surface area contributed by atoms with Gasteiger partial charge < -0.3 is 4.74 Å². The number of thiazole rings is 1. The van der Waals surface area contributed by atoms with Crippen LogP contribution in [0, 0.1) is 20.2 Å². The minimum Gasteiger partial charge on any atom is -0.376 e. The number of nitro groups is 2. The molecule has 1 saturated heterocycles. The first kappa shape index (κ1) is 21.8. The lowest BCUT2D eigenvalue weighted by atomic mass is 10.1. The second-order valence-electron chi connectivity index (χ2n) is 7.42. The van der Waals surface area contributed by atoms with Crippen LogP contribution in [0.25, 0.3) is 10.2 Å². The van der Waals surface area contributed by atoms with E-state index in [9.17, 15) is 25.0 Å². The number of anilines is 1. The van der Waals surface area contributed by atoms with Gasteiger partial charge in [0.05, 0.1) is 44.3 Å². The number of carbonyl (C=O) groups excluding carboxylic acids is 1. The van der Waals surface area contributed by atoms with E-state index in [0.717, 1.165) is 53.2 Å². The molecule has 0 aliphatic carbocycles. The van der Waals surface area contributed by atoms with Gasteiger partial charge in [-0.3, -0.25) is 29.9 Å². The Bertz CT molecular complexity index is 1170. The maximum atomic E-state index is 13.5. The van der Waals surface area contributed by atoms with Gasteiger partial charge in [-0.1, -0.05) is 30.4 Å². The molecule has 0 N–H and O–H groups in total. The summed E-state index contributed by atoms with van der Waals surface area (Å²) < 4.78 is 6.61. The Morgan fingerprint density at radius 3 is 2.53 bits per heavy atom. The Kier molecular flexibility index (Phi) is 6.10. The number of carbonyl (C=O) groups is 1. The summed E-state index contributed by atoms with van der Waals surface area (Å²) >= 11 is 1.33. The van der Waals surface area contributed by atoms with E-state index in [0.29, 0.717) is 11.7 Å². The Labute approximate surface area is 186 Å². The van der Waals surface area contributed by atoms with E-state index in [4.69, 9.17) is 4.74 Å². The quantitative estimate of drug-likeness (QED) is 0.378. The first-order chi connectivity index (χ1) is 15.4. The van der Waals surface area contributed by atoms with Crippen LogP contribution in [-0.4, -0.2) is 40.0 Å². The van der Waals surface area contributed by atoms with E-state index < -0.39 is 27.1 Å². The van der Waals surface area contributed by atoms with Crippen molar-refractivity contribution in [2.45, 2.75) is 32.3 Å². The van der Waals surface area contributed by atoms with Gasteiger partial charge >= 0.3 is 0 Å². The lowest BCUT2D eigenvalue weighted by Crippen LogP contribution is -2.37. The minimum absolute atomic E-state index is 0.140. The Morgan fingerprint density at radius 1 is 1.22 bits per heavy atom. The number of non-ortho nitro benzene ring substituents is 2. The number of hydrogen-bond acceptors (Lipinski definition) is 8. The van der Waals surface area contributed by atoms with Gasteiger partial charge in [0.2, 0.25) is 0 Å². The molecule has 1 aliphatic heterocycles. The van der Waals surface area contributed by atoms with Crippen molar-refractivity contribution in [3.05, 3.63) is 67.8 Å². The number of nitrogens with zero attached hydrogens (tertiary/aromatic N) is 4. The predicted octanol–water partition coefficient (Wildman–Crippen LogP) is 4.50. The van der Waals surface area contributed by atoms with Gasteiger partial charge in [-0.2, -0.15) is 0 Å². The number of para-hydroxylation sites is 1. The van der Waals surface area contributed by atoms with Gasteiger partial charge in [0.15, 0.2) is 5.13 Å². The maximum Gasteiger partial charge on any atom is 0.277 e. The molecule has 10 nitrogen and oxygen atoms in total. The highest BCUT2D eigenvalue weighted by Gasteiger charge is 2.29. The van der Waals surface area contributed by atoms with Crippen molar-refractivity contribution in [3.8, 4) is 0 Å². The van der Waals surface area contributed by atoms with Crippen LogP contribution in [0.4, 0.5) is 16.5 Å². The third-order valence-electron chi connectivity index (χ3n) is 5.33. The van der Waals surface area contributed by atoms with Gasteiger partial charge in [-0.05, 0) is 30.9 Å². The first-order valence-electron chi connectivity index (χ1n) is 10.1. The lowest BCUT2D eigenvalue weighted by Gasteiger charge is -2.23. The molecule has 0 bridgehead atoms. The fourth-order valence-electron chi connectivity index (χ4n) is 3.72. The highest BCUT2D eigenvalue weighted by Crippen LogP contribution is 2.33. The Balaban J connectivity index is 1.79. The van der Waals surface area contributed by atoms with E-state index >= 15 is 0 Å². The van der Waals surface area contributed by atoms with E-state index in [1.165, 1.54) is 16.2 Å². The highest BCUT2D eigenvalue weighted by atomic mass is 32.1. The summed E-state index contributed by atoms with van der Waals surface area (Å²) in [5.41, 5.74) is 0.666. The van der Waals surface area contributed by atoms with Crippen molar-refractivity contribution >= 4 is 44.0 Å². The number of benzene rings is 2. The molecule has 1 atom stereocenters. The smallest absolute Gasteiger partial charge is 0.277 e. The summed E-state index contributed by atoms with van der Waals surface area (Å²) in [6, 6.07) is 8.78. The molecule has 0 spiro atoms. The number of rotatable bonds is 7. The van der Waals surface area contributed by atoms with E-state index in [2.05, 4.69) is 4.98 Å². The summed E-state index contributed by atoms with van der Waals surface area (Å²) in [6.45, 7) is 2.82. The van der Waals surface area contributed by atoms with Crippen LogP contribution < -0.4 is 4.90 Å². The minimum atomic E-state index is -0.751. The first-order valence-corrected chi connectivity index (χ1v) is 10.9. The van der Waals surface area contributed by atoms with Crippen molar-refractivity contribution in [2.24, 2.45) is 0 Å². The zero-order valence-electron chi connectivity index (χ0n) is 17.2. The average molecular weight is 456 g/mol. The highest BCUT2D eigenvalue weighted by molar-refractivity contribution is 7.22. The average Bonchev–Trinajstić information content (AvgIpc) is 3.45. The van der Waals surface area contributed by atoms with Crippen LogP contribution in [0.2, 0.25) is 0 Å². The van der Waals surface area contributed by atoms with Crippen LogP contribution in [0.15, 0.2) is 36.4 Å². The van der Waals surface area contributed by atoms with E-state index in [1.807, 2.05) is 25.1 Å². The van der Waals surface area contributed by atoms with Crippen molar-refractivity contribution in [1.29, 1.82) is 0 Å². The molecule has 3 aromatic rings. The number of fused-ring (bicyclic) bond motifs is 1. The topological polar surface area (TPSA) is 129 Å². The molecule has 166 valence electrons. The standard InChI is InChI=1S/C21H20N4O6S/c1-2-13-5-3-7-18-19(13)22-21(32-18)23(12-17-6-4-8-31-17)20(26)14-9-15(24(27)28)11-16(10-14)25(29)30/h3,5,7,9-11,17H,2,4,6,8,12H2,1H3. The fraction of sp³-hybridized carbons (Fsp3) is 0.333. The number of amides is 1. The van der Waals surface area contributed by atoms with Crippen LogP contribution in [-0.2, 0) is 11.2 Å². The fourth-order valence-corrected chi connectivity index (χ4v) is 4.74. The zero-order valence-corrected chi connectivity index (χ0v) is 18.0. The largest absolute Gasteiger partial charge is 0.376 e. The van der Waals surface area contributed by atoms with Crippen molar-refractivity contribution in [3.63, 3.8) is 0 Å². The summed E-state index contributed by atoms with van der Waals surface area (Å²) in [6.07, 6.45) is 2.21. The lowest BCUT2D eigenvalue weighted by molar-refractivity contribution is -0.394. The number of ether oxygens (including phenoxy) is 1. The molecule has 0 radical (unpaired) electrons. The van der Waals surface area contributed by atoms with Crippen LogP contribution in [0.3, 0.4) is 0 Å². The molecule has 2 aromatic carbocycles. The number of aryl methyl sites for hydroxylation is 1. The van der Waals surface area contributed by atoms with Gasteiger partial charge in [-0.25, -0.2) is 4.98 Å². The third-order valence-corrected chi connectivity index (χ3v) is 6.37. The second kappa shape index (κ2) is 8.97. The summed E-state index contributed by atoms with van der Waals surface area (Å²) in [7, 11) is 0. The van der Waals surface area contributed by atoms with Gasteiger partial charge in [0.25, 0.3) is 17.3 Å². The van der Waals surface area contributed by atoms with E-state index in [-0.39, 0.29) is 18.2 Å². The van der Waals surface area contributed by atoms with Crippen molar-refractivity contribution in [1.82, 2.24) is 4.98 Å². The molecule has 32 heavy (non-hydrogen) atoms. The number of nitro benzene ring substituents is 2. The molecular weight excluding hydrogens is 436 g/mol. The molecular formula is C21H20N4O6S. The van der Waals surface area contributed by atoms with Gasteiger partial charge in [-0.15, -0.1) is 0 Å². The molecule has 0 saturated carbocycles. The normalized spacial score (nSPS) is 15.7. The van der Waals surface area contributed by atoms with Crippen molar-refractivity contribution in [2.75, 3.05) is 18.1 Å². The number of aromatic nitrogens is 1. The summed E-state index contributed by atoms with van der Waals surface area (Å²) in [5.74, 6) is -0.593. The predicted molar refractivity (Wildman–Crippen MR) is 119 cm³/mol. The summed E-state index contributed by atoms with van der Waals surface area (Å²) in [5, 5.41) is 23.0. The Hall–Kier alpha value is -3.44. The SMILES string of the molecule is CCc1cccc2sc(N(CC3CCCO3)C(=O)c3cc([N+](=O)[O-])cc([N+](=O)[O-])c3)nc12. The van der Waals surface area contributed by atoms with Gasteiger partial charge in [0.1, 0.15) is 0 Å². The van der Waals surface area contributed by atoms with Crippen LogP contribution >= 0.6 is 11.3 Å². The van der Waals surface area contributed by atoms with Crippen LogP contribution in [0.1, 0.15) is 35.7 Å². The number of hydrogen-bond donors (Lipinski definition) is 0. The molecule has 1 aliphatic rings. The van der Waals surface area contributed by atoms with E-state index in [1.54, 1.807) is 0 Å².